The molecule has 0 aliphatic carbocycles. The Morgan fingerprint density at radius 2 is 1.52 bits per heavy atom. The molecule has 0 aromatic heterocycles. The molecular formula is C21H24N2O7S. The zero-order chi connectivity index (χ0) is 22.8. The second kappa shape index (κ2) is 8.94. The third-order valence-corrected chi connectivity index (χ3v) is 6.53. The minimum Gasteiger partial charge on any atom is -0.497 e. The summed E-state index contributed by atoms with van der Waals surface area (Å²) in [6, 6.07) is 8.46. The number of imide groups is 1. The van der Waals surface area contributed by atoms with Crippen LogP contribution in [-0.2, 0) is 19.6 Å². The standard InChI is InChI=1S/C21H24N2O7S/c1-13(16-11-14(28-2)5-7-18(16)29-3)22-31(26,27)15-6-8-19(30-4)17(12-15)23-20(24)9-10-21(23)25/h5-8,11-13,22H,9-10H2,1-4H3/t13-/m1/s1. The van der Waals surface area contributed by atoms with Crippen LogP contribution in [0.15, 0.2) is 41.3 Å². The van der Waals surface area contributed by atoms with E-state index in [2.05, 4.69) is 4.72 Å². The Kier molecular flexibility index (Phi) is 6.51. The molecule has 31 heavy (non-hydrogen) atoms. The molecular weight excluding hydrogens is 424 g/mol. The molecule has 1 saturated heterocycles. The first-order valence-corrected chi connectivity index (χ1v) is 11.0. The maximum Gasteiger partial charge on any atom is 0.241 e. The van der Waals surface area contributed by atoms with Crippen LogP contribution >= 0.6 is 0 Å². The highest BCUT2D eigenvalue weighted by molar-refractivity contribution is 7.89. The quantitative estimate of drug-likeness (QED) is 0.617. The Labute approximate surface area is 181 Å². The molecule has 0 unspecified atom stereocenters. The molecule has 1 N–H and O–H groups in total. The van der Waals surface area contributed by atoms with E-state index < -0.39 is 27.9 Å². The van der Waals surface area contributed by atoms with Crippen molar-refractivity contribution >= 4 is 27.5 Å². The maximum atomic E-state index is 13.1. The average Bonchev–Trinajstić information content (AvgIpc) is 3.10. The Morgan fingerprint density at radius 1 is 0.903 bits per heavy atom. The van der Waals surface area contributed by atoms with Gasteiger partial charge < -0.3 is 14.2 Å². The Balaban J connectivity index is 1.96. The van der Waals surface area contributed by atoms with Gasteiger partial charge in [-0.3, -0.25) is 9.59 Å². The molecule has 0 spiro atoms. The lowest BCUT2D eigenvalue weighted by Gasteiger charge is -2.20. The number of ether oxygens (including phenoxy) is 3. The molecule has 3 rings (SSSR count). The molecule has 2 amide bonds. The van der Waals surface area contributed by atoms with Gasteiger partial charge in [-0.15, -0.1) is 0 Å². The van der Waals surface area contributed by atoms with Gasteiger partial charge in [0, 0.05) is 24.4 Å². The molecule has 1 aliphatic heterocycles. The summed E-state index contributed by atoms with van der Waals surface area (Å²) in [6.45, 7) is 1.67. The van der Waals surface area contributed by atoms with E-state index in [1.807, 2.05) is 0 Å². The van der Waals surface area contributed by atoms with E-state index in [0.29, 0.717) is 17.1 Å². The van der Waals surface area contributed by atoms with Crippen LogP contribution in [0.5, 0.6) is 17.2 Å². The van der Waals surface area contributed by atoms with Gasteiger partial charge in [0.1, 0.15) is 17.2 Å². The molecule has 2 aromatic rings. The summed E-state index contributed by atoms with van der Waals surface area (Å²) in [5, 5.41) is 0. The van der Waals surface area contributed by atoms with E-state index in [1.165, 1.54) is 39.5 Å². The largest absolute Gasteiger partial charge is 0.497 e. The summed E-state index contributed by atoms with van der Waals surface area (Å²) in [5.41, 5.74) is 0.688. The highest BCUT2D eigenvalue weighted by Gasteiger charge is 2.33. The van der Waals surface area contributed by atoms with Crippen LogP contribution in [0.2, 0.25) is 0 Å². The van der Waals surface area contributed by atoms with Gasteiger partial charge in [0.2, 0.25) is 21.8 Å². The first kappa shape index (κ1) is 22.6. The highest BCUT2D eigenvalue weighted by Crippen LogP contribution is 2.35. The van der Waals surface area contributed by atoms with Crippen molar-refractivity contribution in [2.75, 3.05) is 26.2 Å². The van der Waals surface area contributed by atoms with Gasteiger partial charge in [-0.25, -0.2) is 18.0 Å². The summed E-state index contributed by atoms with van der Waals surface area (Å²) in [7, 11) is 0.374. The fourth-order valence-corrected chi connectivity index (χ4v) is 4.64. The number of nitrogens with zero attached hydrogens (tertiary/aromatic N) is 1. The minimum absolute atomic E-state index is 0.0733. The number of benzene rings is 2. The van der Waals surface area contributed by atoms with Crippen LogP contribution < -0.4 is 23.8 Å². The fourth-order valence-electron chi connectivity index (χ4n) is 3.40. The summed E-state index contributed by atoms with van der Waals surface area (Å²) in [4.78, 5) is 25.2. The number of carbonyl (C=O) groups is 2. The number of anilines is 1. The van der Waals surface area contributed by atoms with Crippen LogP contribution in [0, 0.1) is 0 Å². The van der Waals surface area contributed by atoms with Gasteiger partial charge >= 0.3 is 0 Å². The highest BCUT2D eigenvalue weighted by atomic mass is 32.2. The van der Waals surface area contributed by atoms with E-state index in [0.717, 1.165) is 4.90 Å². The van der Waals surface area contributed by atoms with Crippen molar-refractivity contribution < 1.29 is 32.2 Å². The molecule has 1 atom stereocenters. The number of amides is 2. The molecule has 1 aliphatic rings. The fraction of sp³-hybridized carbons (Fsp3) is 0.333. The van der Waals surface area contributed by atoms with Gasteiger partial charge in [-0.05, 0) is 43.3 Å². The van der Waals surface area contributed by atoms with E-state index in [-0.39, 0.29) is 29.2 Å². The van der Waals surface area contributed by atoms with Crippen LogP contribution in [0.4, 0.5) is 5.69 Å². The first-order chi connectivity index (χ1) is 14.7. The van der Waals surface area contributed by atoms with Crippen LogP contribution in [-0.4, -0.2) is 41.6 Å². The third-order valence-electron chi connectivity index (χ3n) is 4.99. The van der Waals surface area contributed by atoms with Crippen LogP contribution in [0.1, 0.15) is 31.4 Å². The summed E-state index contributed by atoms with van der Waals surface area (Å²) >= 11 is 0. The lowest BCUT2D eigenvalue weighted by molar-refractivity contribution is -0.121. The molecule has 10 heteroatoms. The Bertz CT molecular complexity index is 1100. The number of rotatable bonds is 8. The second-order valence-electron chi connectivity index (χ2n) is 6.91. The topological polar surface area (TPSA) is 111 Å². The molecule has 0 bridgehead atoms. The molecule has 1 fully saturated rings. The zero-order valence-corrected chi connectivity index (χ0v) is 18.5. The Morgan fingerprint density at radius 3 is 2.10 bits per heavy atom. The summed E-state index contributed by atoms with van der Waals surface area (Å²) in [5.74, 6) is 0.477. The molecule has 1 heterocycles. The number of carbonyl (C=O) groups excluding carboxylic acids is 2. The summed E-state index contributed by atoms with van der Waals surface area (Å²) < 4.78 is 44.6. The van der Waals surface area contributed by atoms with Crippen molar-refractivity contribution in [2.24, 2.45) is 0 Å². The van der Waals surface area contributed by atoms with E-state index >= 15 is 0 Å². The third kappa shape index (κ3) is 4.49. The predicted molar refractivity (Wildman–Crippen MR) is 113 cm³/mol. The van der Waals surface area contributed by atoms with Gasteiger partial charge in [-0.2, -0.15) is 0 Å². The van der Waals surface area contributed by atoms with Gasteiger partial charge in [-0.1, -0.05) is 0 Å². The SMILES string of the molecule is COc1ccc(OC)c([C@@H](C)NS(=O)(=O)c2ccc(OC)c(N3C(=O)CCC3=O)c2)c1. The first-order valence-electron chi connectivity index (χ1n) is 9.50. The van der Waals surface area contributed by atoms with Crippen molar-refractivity contribution in [3.63, 3.8) is 0 Å². The molecule has 0 saturated carbocycles. The number of nitrogens with one attached hydrogen (secondary N) is 1. The zero-order valence-electron chi connectivity index (χ0n) is 17.7. The van der Waals surface area contributed by atoms with E-state index in [1.54, 1.807) is 25.1 Å². The summed E-state index contributed by atoms with van der Waals surface area (Å²) in [6.07, 6.45) is 0.147. The van der Waals surface area contributed by atoms with Gasteiger partial charge in [0.15, 0.2) is 0 Å². The lowest BCUT2D eigenvalue weighted by atomic mass is 10.1. The van der Waals surface area contributed by atoms with Crippen molar-refractivity contribution in [3.05, 3.63) is 42.0 Å². The van der Waals surface area contributed by atoms with Crippen LogP contribution in [0.25, 0.3) is 0 Å². The van der Waals surface area contributed by atoms with Crippen molar-refractivity contribution in [1.82, 2.24) is 4.72 Å². The van der Waals surface area contributed by atoms with E-state index in [4.69, 9.17) is 14.2 Å². The normalized spacial score (nSPS) is 15.2. The lowest BCUT2D eigenvalue weighted by Crippen LogP contribution is -2.30. The van der Waals surface area contributed by atoms with Gasteiger partial charge in [0.05, 0.1) is 31.9 Å². The number of hydrogen-bond acceptors (Lipinski definition) is 7. The monoisotopic (exact) mass is 448 g/mol. The smallest absolute Gasteiger partial charge is 0.241 e. The van der Waals surface area contributed by atoms with Crippen LogP contribution in [0.3, 0.4) is 0 Å². The van der Waals surface area contributed by atoms with E-state index in [9.17, 15) is 18.0 Å². The number of methoxy groups -OCH3 is 3. The Hall–Kier alpha value is -3.11. The van der Waals surface area contributed by atoms with Crippen molar-refractivity contribution in [1.29, 1.82) is 0 Å². The predicted octanol–water partition coefficient (Wildman–Crippen LogP) is 2.41. The van der Waals surface area contributed by atoms with Crippen molar-refractivity contribution in [3.8, 4) is 17.2 Å². The maximum absolute atomic E-state index is 13.1. The molecule has 9 nitrogen and oxygen atoms in total. The molecule has 2 aromatic carbocycles. The average molecular weight is 448 g/mol. The molecule has 166 valence electrons. The number of hydrogen-bond donors (Lipinski definition) is 1. The second-order valence-corrected chi connectivity index (χ2v) is 8.62. The minimum atomic E-state index is -4.02. The van der Waals surface area contributed by atoms with Gasteiger partial charge in [0.25, 0.3) is 0 Å². The van der Waals surface area contributed by atoms with Crippen molar-refractivity contribution in [2.45, 2.75) is 30.7 Å². The number of sulfonamides is 1. The molecule has 0 radical (unpaired) electrons.